The molecule has 5 nitrogen and oxygen atoms in total. The second-order valence-corrected chi connectivity index (χ2v) is 9.46. The minimum Gasteiger partial charge on any atom is -0.336 e. The summed E-state index contributed by atoms with van der Waals surface area (Å²) < 4.78 is 27.0. The Hall–Kier alpha value is -1.41. The normalized spacial score (nSPS) is 16.3. The lowest BCUT2D eigenvalue weighted by molar-refractivity contribution is 0.0698. The van der Waals surface area contributed by atoms with Crippen molar-refractivity contribution in [2.24, 2.45) is 0 Å². The van der Waals surface area contributed by atoms with E-state index in [1.165, 1.54) is 15.6 Å². The number of piperazine rings is 1. The van der Waals surface area contributed by atoms with Crippen LogP contribution in [0.5, 0.6) is 0 Å². The molecular weight excluding hydrogens is 368 g/mol. The van der Waals surface area contributed by atoms with E-state index in [2.05, 4.69) is 0 Å². The van der Waals surface area contributed by atoms with Crippen molar-refractivity contribution in [2.45, 2.75) is 11.1 Å². The number of sulfonamides is 1. The molecule has 0 bridgehead atoms. The fourth-order valence-electron chi connectivity index (χ4n) is 2.58. The fraction of sp³-hybridized carbons (Fsp3) is 0.312. The smallest absolute Gasteiger partial charge is 0.253 e. The van der Waals surface area contributed by atoms with E-state index in [4.69, 9.17) is 11.6 Å². The van der Waals surface area contributed by atoms with Crippen LogP contribution in [0.2, 0.25) is 5.02 Å². The second-order valence-electron chi connectivity index (χ2n) is 5.57. The summed E-state index contributed by atoms with van der Waals surface area (Å²) >= 11 is 7.11. The molecule has 1 aliphatic rings. The van der Waals surface area contributed by atoms with Gasteiger partial charge in [0.1, 0.15) is 4.21 Å². The van der Waals surface area contributed by atoms with Crippen molar-refractivity contribution < 1.29 is 13.2 Å². The first-order valence-electron chi connectivity index (χ1n) is 7.49. The summed E-state index contributed by atoms with van der Waals surface area (Å²) in [5.41, 5.74) is 0.560. The molecule has 0 unspecified atom stereocenters. The van der Waals surface area contributed by atoms with Crippen molar-refractivity contribution in [1.82, 2.24) is 9.21 Å². The van der Waals surface area contributed by atoms with Gasteiger partial charge in [0.2, 0.25) is 0 Å². The largest absolute Gasteiger partial charge is 0.336 e. The van der Waals surface area contributed by atoms with Gasteiger partial charge in [0.25, 0.3) is 15.9 Å². The molecule has 0 radical (unpaired) electrons. The molecule has 1 aliphatic heterocycles. The number of carbonyl (C=O) groups is 1. The number of amides is 1. The molecule has 1 aromatic carbocycles. The highest BCUT2D eigenvalue weighted by Gasteiger charge is 2.31. The van der Waals surface area contributed by atoms with Gasteiger partial charge >= 0.3 is 0 Å². The highest BCUT2D eigenvalue weighted by molar-refractivity contribution is 7.91. The van der Waals surface area contributed by atoms with Crippen molar-refractivity contribution in [3.05, 3.63) is 51.9 Å². The van der Waals surface area contributed by atoms with Crippen molar-refractivity contribution >= 4 is 38.9 Å². The first-order valence-corrected chi connectivity index (χ1v) is 10.1. The van der Waals surface area contributed by atoms with Crippen molar-refractivity contribution in [3.8, 4) is 0 Å². The fourth-order valence-corrected chi connectivity index (χ4v) is 5.57. The van der Waals surface area contributed by atoms with Crippen LogP contribution in [-0.4, -0.2) is 49.7 Å². The molecule has 2 aromatic rings. The third kappa shape index (κ3) is 3.49. The number of benzene rings is 1. The molecule has 0 N–H and O–H groups in total. The maximum Gasteiger partial charge on any atom is 0.253 e. The van der Waals surface area contributed by atoms with E-state index < -0.39 is 10.0 Å². The Kier molecular flexibility index (Phi) is 4.96. The summed E-state index contributed by atoms with van der Waals surface area (Å²) in [5.74, 6) is -0.101. The molecule has 2 heterocycles. The molecule has 24 heavy (non-hydrogen) atoms. The molecule has 0 saturated carbocycles. The number of nitrogens with zero attached hydrogens (tertiary/aromatic N) is 2. The minimum atomic E-state index is -3.46. The predicted molar refractivity (Wildman–Crippen MR) is 95.2 cm³/mol. The zero-order chi connectivity index (χ0) is 17.3. The van der Waals surface area contributed by atoms with Crippen LogP contribution in [0.1, 0.15) is 15.2 Å². The topological polar surface area (TPSA) is 57.7 Å². The predicted octanol–water partition coefficient (Wildman–Crippen LogP) is 2.86. The molecule has 128 valence electrons. The lowest BCUT2D eigenvalue weighted by Gasteiger charge is -2.33. The molecule has 1 aromatic heterocycles. The van der Waals surface area contributed by atoms with Gasteiger partial charge in [-0.05, 0) is 43.3 Å². The number of aryl methyl sites for hydroxylation is 1. The van der Waals surface area contributed by atoms with Gasteiger partial charge < -0.3 is 4.90 Å². The summed E-state index contributed by atoms with van der Waals surface area (Å²) in [6.45, 7) is 3.25. The molecule has 3 rings (SSSR count). The summed E-state index contributed by atoms with van der Waals surface area (Å²) in [6.07, 6.45) is 0. The molecule has 1 amide bonds. The SMILES string of the molecule is Cc1ccc(S(=O)(=O)N2CCN(C(=O)c3ccc(Cl)cc3)CC2)s1. The van der Waals surface area contributed by atoms with E-state index >= 15 is 0 Å². The Morgan fingerprint density at radius 3 is 2.21 bits per heavy atom. The average Bonchev–Trinajstić information content (AvgIpc) is 3.02. The molecular formula is C16H17ClN2O3S2. The molecule has 8 heteroatoms. The van der Waals surface area contributed by atoms with E-state index in [1.54, 1.807) is 41.3 Å². The maximum atomic E-state index is 12.6. The number of halogens is 1. The number of carbonyl (C=O) groups excluding carboxylic acids is 1. The molecule has 0 atom stereocenters. The first-order chi connectivity index (χ1) is 11.4. The number of hydrogen-bond donors (Lipinski definition) is 0. The molecule has 0 spiro atoms. The van der Waals surface area contributed by atoms with Gasteiger partial charge in [0, 0.05) is 41.6 Å². The van der Waals surface area contributed by atoms with Crippen molar-refractivity contribution in [3.63, 3.8) is 0 Å². The Bertz CT molecular complexity index is 838. The molecule has 1 fully saturated rings. The lowest BCUT2D eigenvalue weighted by atomic mass is 10.2. The van der Waals surface area contributed by atoms with E-state index in [0.717, 1.165) is 4.88 Å². The number of hydrogen-bond acceptors (Lipinski definition) is 4. The van der Waals surface area contributed by atoms with Crippen LogP contribution in [0, 0.1) is 6.92 Å². The Balaban J connectivity index is 1.67. The summed E-state index contributed by atoms with van der Waals surface area (Å²) in [6, 6.07) is 10.2. The average molecular weight is 385 g/mol. The van der Waals surface area contributed by atoms with Gasteiger partial charge in [0.15, 0.2) is 0 Å². The van der Waals surface area contributed by atoms with Gasteiger partial charge in [-0.1, -0.05) is 11.6 Å². The summed E-state index contributed by atoms with van der Waals surface area (Å²) in [7, 11) is -3.46. The Morgan fingerprint density at radius 1 is 1.04 bits per heavy atom. The van der Waals surface area contributed by atoms with Gasteiger partial charge in [-0.25, -0.2) is 8.42 Å². The van der Waals surface area contributed by atoms with E-state index in [9.17, 15) is 13.2 Å². The highest BCUT2D eigenvalue weighted by atomic mass is 35.5. The van der Waals surface area contributed by atoms with Crippen LogP contribution in [-0.2, 0) is 10.0 Å². The number of thiophene rings is 1. The van der Waals surface area contributed by atoms with Gasteiger partial charge in [-0.2, -0.15) is 4.31 Å². The zero-order valence-electron chi connectivity index (χ0n) is 13.1. The summed E-state index contributed by atoms with van der Waals surface area (Å²) in [4.78, 5) is 15.1. The van der Waals surface area contributed by atoms with E-state index in [0.29, 0.717) is 41.0 Å². The van der Waals surface area contributed by atoms with E-state index in [-0.39, 0.29) is 5.91 Å². The maximum absolute atomic E-state index is 12.6. The lowest BCUT2D eigenvalue weighted by Crippen LogP contribution is -2.50. The zero-order valence-corrected chi connectivity index (χ0v) is 15.5. The van der Waals surface area contributed by atoms with Crippen molar-refractivity contribution in [1.29, 1.82) is 0 Å². The van der Waals surface area contributed by atoms with Crippen LogP contribution in [0.15, 0.2) is 40.6 Å². The third-order valence-corrected chi connectivity index (χ3v) is 7.55. The van der Waals surface area contributed by atoms with Gasteiger partial charge in [-0.3, -0.25) is 4.79 Å². The third-order valence-electron chi connectivity index (χ3n) is 3.93. The Labute approximate surface area is 150 Å². The molecule has 1 saturated heterocycles. The van der Waals surface area contributed by atoms with Crippen LogP contribution < -0.4 is 0 Å². The Morgan fingerprint density at radius 2 is 1.67 bits per heavy atom. The van der Waals surface area contributed by atoms with Crippen LogP contribution in [0.4, 0.5) is 0 Å². The second kappa shape index (κ2) is 6.84. The standard InChI is InChI=1S/C16H17ClN2O3S2/c1-12-2-7-15(23-12)24(21,22)19-10-8-18(9-11-19)16(20)13-3-5-14(17)6-4-13/h2-7H,8-11H2,1H3. The monoisotopic (exact) mass is 384 g/mol. The first kappa shape index (κ1) is 17.4. The van der Waals surface area contributed by atoms with Crippen LogP contribution in [0.25, 0.3) is 0 Å². The van der Waals surface area contributed by atoms with Gasteiger partial charge in [0.05, 0.1) is 0 Å². The van der Waals surface area contributed by atoms with Gasteiger partial charge in [-0.15, -0.1) is 11.3 Å². The number of rotatable bonds is 3. The summed E-state index contributed by atoms with van der Waals surface area (Å²) in [5, 5.41) is 0.578. The quantitative estimate of drug-likeness (QED) is 0.817. The van der Waals surface area contributed by atoms with Crippen molar-refractivity contribution in [2.75, 3.05) is 26.2 Å². The highest BCUT2D eigenvalue weighted by Crippen LogP contribution is 2.25. The van der Waals surface area contributed by atoms with Crippen LogP contribution >= 0.6 is 22.9 Å². The van der Waals surface area contributed by atoms with E-state index in [1.807, 2.05) is 6.92 Å². The minimum absolute atomic E-state index is 0.101. The molecule has 0 aliphatic carbocycles. The van der Waals surface area contributed by atoms with Crippen LogP contribution in [0.3, 0.4) is 0 Å².